The van der Waals surface area contributed by atoms with Crippen molar-refractivity contribution >= 4 is 18.0 Å². The van der Waals surface area contributed by atoms with Gasteiger partial charge in [0.1, 0.15) is 17.2 Å². The first-order chi connectivity index (χ1) is 10.8. The first-order valence-corrected chi connectivity index (χ1v) is 8.24. The minimum Gasteiger partial charge on any atom is -0.458 e. The number of hydrogen-bond acceptors (Lipinski definition) is 6. The summed E-state index contributed by atoms with van der Waals surface area (Å²) in [4.78, 5) is 38.2. The topological polar surface area (TPSA) is 93.1 Å². The smallest absolute Gasteiger partial charge is 0.417 e. The van der Waals surface area contributed by atoms with Crippen LogP contribution in [0.15, 0.2) is 0 Å². The molecule has 1 heterocycles. The molecule has 0 aromatic carbocycles. The molecule has 1 aliphatic heterocycles. The molecule has 7 nitrogen and oxygen atoms in total. The third-order valence-corrected chi connectivity index (χ3v) is 3.50. The van der Waals surface area contributed by atoms with E-state index >= 15 is 0 Å². The predicted molar refractivity (Wildman–Crippen MR) is 87.1 cm³/mol. The average Bonchev–Trinajstić information content (AvgIpc) is 2.71. The van der Waals surface area contributed by atoms with Gasteiger partial charge in [0.2, 0.25) is 5.91 Å². The lowest BCUT2D eigenvalue weighted by Gasteiger charge is -2.28. The molecule has 0 saturated carbocycles. The van der Waals surface area contributed by atoms with Crippen LogP contribution in [0.25, 0.3) is 0 Å². The molecule has 1 N–H and O–H groups in total. The Balaban J connectivity index is 3.09. The standard InChI is InChI=1S/C17H29NO6/c1-8-12(19)10-9-11(14(21)23-16(2,3)4)18(13(10)20)15(22)24-17(5,6)7/h10-12,19H,8-9H2,1-7H3/t10?,11-,12?/m0/s1. The number of nitrogens with zero attached hydrogens (tertiary/aromatic N) is 1. The molecule has 2 unspecified atom stereocenters. The van der Waals surface area contributed by atoms with Crippen molar-refractivity contribution in [1.29, 1.82) is 0 Å². The molecule has 0 radical (unpaired) electrons. The van der Waals surface area contributed by atoms with Crippen molar-refractivity contribution in [1.82, 2.24) is 4.90 Å². The molecule has 0 aromatic rings. The Bertz CT molecular complexity index is 502. The number of carbonyl (C=O) groups excluding carboxylic acids is 3. The molecule has 0 bridgehead atoms. The van der Waals surface area contributed by atoms with Gasteiger partial charge in [-0.25, -0.2) is 14.5 Å². The second-order valence-corrected chi connectivity index (χ2v) is 8.06. The highest BCUT2D eigenvalue weighted by Gasteiger charge is 2.51. The number of aliphatic hydroxyl groups is 1. The maximum absolute atomic E-state index is 12.6. The van der Waals surface area contributed by atoms with E-state index in [1.165, 1.54) is 0 Å². The van der Waals surface area contributed by atoms with E-state index in [0.29, 0.717) is 6.42 Å². The van der Waals surface area contributed by atoms with Crippen LogP contribution in [0, 0.1) is 5.92 Å². The minimum absolute atomic E-state index is 0.0298. The van der Waals surface area contributed by atoms with Gasteiger partial charge < -0.3 is 14.6 Å². The number of amides is 2. The first kappa shape index (κ1) is 20.4. The summed E-state index contributed by atoms with van der Waals surface area (Å²) in [7, 11) is 0. The zero-order chi connectivity index (χ0) is 18.9. The number of rotatable bonds is 3. The highest BCUT2D eigenvalue weighted by molar-refractivity contribution is 6.01. The summed E-state index contributed by atoms with van der Waals surface area (Å²) < 4.78 is 10.6. The fourth-order valence-electron chi connectivity index (χ4n) is 2.48. The molecule has 0 spiro atoms. The van der Waals surface area contributed by atoms with E-state index in [0.717, 1.165) is 4.90 Å². The number of hydrogen-bond donors (Lipinski definition) is 1. The normalized spacial score (nSPS) is 23.2. The van der Waals surface area contributed by atoms with Gasteiger partial charge in [0.15, 0.2) is 0 Å². The van der Waals surface area contributed by atoms with Gasteiger partial charge in [-0.1, -0.05) is 6.92 Å². The minimum atomic E-state index is -1.09. The van der Waals surface area contributed by atoms with Crippen LogP contribution in [0.1, 0.15) is 61.3 Å². The molecule has 1 aliphatic rings. The van der Waals surface area contributed by atoms with Crippen molar-refractivity contribution in [2.45, 2.75) is 84.7 Å². The number of likely N-dealkylation sites (tertiary alicyclic amines) is 1. The molecule has 0 aliphatic carbocycles. The summed E-state index contributed by atoms with van der Waals surface area (Å²) in [6.07, 6.45) is -1.44. The third-order valence-electron chi connectivity index (χ3n) is 3.50. The summed E-state index contributed by atoms with van der Waals surface area (Å²) in [5.41, 5.74) is -1.56. The Morgan fingerprint density at radius 1 is 1.17 bits per heavy atom. The highest BCUT2D eigenvalue weighted by atomic mass is 16.6. The SMILES string of the molecule is CCC(O)C1C[C@@H](C(=O)OC(C)(C)C)N(C(=O)OC(C)(C)C)C1=O. The van der Waals surface area contributed by atoms with Crippen LogP contribution in [-0.4, -0.2) is 51.3 Å². The zero-order valence-electron chi connectivity index (χ0n) is 15.6. The highest BCUT2D eigenvalue weighted by Crippen LogP contribution is 2.31. The van der Waals surface area contributed by atoms with Gasteiger partial charge in [0, 0.05) is 0 Å². The van der Waals surface area contributed by atoms with Crippen LogP contribution < -0.4 is 0 Å². The van der Waals surface area contributed by atoms with E-state index in [9.17, 15) is 19.5 Å². The molecule has 3 atom stereocenters. The average molecular weight is 343 g/mol. The van der Waals surface area contributed by atoms with Gasteiger partial charge in [0.25, 0.3) is 0 Å². The van der Waals surface area contributed by atoms with E-state index in [4.69, 9.17) is 9.47 Å². The second kappa shape index (κ2) is 7.09. The molecule has 1 fully saturated rings. The van der Waals surface area contributed by atoms with Gasteiger partial charge in [0.05, 0.1) is 12.0 Å². The monoisotopic (exact) mass is 343 g/mol. The largest absolute Gasteiger partial charge is 0.458 e. The molecule has 138 valence electrons. The zero-order valence-corrected chi connectivity index (χ0v) is 15.6. The summed E-state index contributed by atoms with van der Waals surface area (Å²) in [6.45, 7) is 11.9. The quantitative estimate of drug-likeness (QED) is 0.790. The summed E-state index contributed by atoms with van der Waals surface area (Å²) >= 11 is 0. The van der Waals surface area contributed by atoms with Crippen molar-refractivity contribution in [2.24, 2.45) is 5.92 Å². The lowest BCUT2D eigenvalue weighted by Crippen LogP contribution is -2.47. The first-order valence-electron chi connectivity index (χ1n) is 8.24. The van der Waals surface area contributed by atoms with Crippen molar-refractivity contribution in [3.8, 4) is 0 Å². The van der Waals surface area contributed by atoms with E-state index in [1.807, 2.05) is 0 Å². The van der Waals surface area contributed by atoms with Crippen molar-refractivity contribution in [2.75, 3.05) is 0 Å². The lowest BCUT2D eigenvalue weighted by atomic mass is 9.96. The van der Waals surface area contributed by atoms with Gasteiger partial charge in [-0.2, -0.15) is 0 Å². The number of imide groups is 1. The Hall–Kier alpha value is -1.63. The number of ether oxygens (including phenoxy) is 2. The van der Waals surface area contributed by atoms with E-state index in [1.54, 1.807) is 48.5 Å². The number of carbonyl (C=O) groups is 3. The molecule has 1 saturated heterocycles. The van der Waals surface area contributed by atoms with Gasteiger partial charge >= 0.3 is 12.1 Å². The van der Waals surface area contributed by atoms with E-state index < -0.39 is 47.2 Å². The molecule has 1 rings (SSSR count). The Labute approximate surface area is 143 Å². The fourth-order valence-corrected chi connectivity index (χ4v) is 2.48. The Morgan fingerprint density at radius 2 is 1.67 bits per heavy atom. The van der Waals surface area contributed by atoms with E-state index in [-0.39, 0.29) is 6.42 Å². The van der Waals surface area contributed by atoms with Crippen molar-refractivity contribution in [3.05, 3.63) is 0 Å². The maximum atomic E-state index is 12.6. The third kappa shape index (κ3) is 5.19. The Kier molecular flexibility index (Phi) is 6.03. The molecular formula is C17H29NO6. The molecular weight excluding hydrogens is 314 g/mol. The number of aliphatic hydroxyl groups excluding tert-OH is 1. The second-order valence-electron chi connectivity index (χ2n) is 8.06. The molecule has 0 aromatic heterocycles. The maximum Gasteiger partial charge on any atom is 0.417 e. The van der Waals surface area contributed by atoms with Crippen molar-refractivity contribution in [3.63, 3.8) is 0 Å². The predicted octanol–water partition coefficient (Wildman–Crippen LogP) is 2.25. The van der Waals surface area contributed by atoms with Gasteiger partial charge in [-0.05, 0) is 54.4 Å². The summed E-state index contributed by atoms with van der Waals surface area (Å²) in [5, 5.41) is 10.0. The van der Waals surface area contributed by atoms with Crippen LogP contribution in [0.5, 0.6) is 0 Å². The van der Waals surface area contributed by atoms with E-state index in [2.05, 4.69) is 0 Å². The van der Waals surface area contributed by atoms with Crippen LogP contribution >= 0.6 is 0 Å². The van der Waals surface area contributed by atoms with Crippen LogP contribution in [0.4, 0.5) is 4.79 Å². The summed E-state index contributed by atoms with van der Waals surface area (Å²) in [5.74, 6) is -2.10. The summed E-state index contributed by atoms with van der Waals surface area (Å²) in [6, 6.07) is -1.09. The van der Waals surface area contributed by atoms with Gasteiger partial charge in [-0.15, -0.1) is 0 Å². The van der Waals surface area contributed by atoms with Gasteiger partial charge in [-0.3, -0.25) is 4.79 Å². The van der Waals surface area contributed by atoms with Crippen LogP contribution in [0.3, 0.4) is 0 Å². The molecule has 24 heavy (non-hydrogen) atoms. The van der Waals surface area contributed by atoms with Crippen LogP contribution in [-0.2, 0) is 19.1 Å². The lowest BCUT2D eigenvalue weighted by molar-refractivity contribution is -0.161. The Morgan fingerprint density at radius 3 is 2.08 bits per heavy atom. The number of esters is 1. The fraction of sp³-hybridized carbons (Fsp3) is 0.824. The van der Waals surface area contributed by atoms with Crippen LogP contribution in [0.2, 0.25) is 0 Å². The molecule has 2 amide bonds. The molecule has 7 heteroatoms. The van der Waals surface area contributed by atoms with Crippen molar-refractivity contribution < 1.29 is 29.0 Å².